The van der Waals surface area contributed by atoms with Crippen molar-refractivity contribution in [2.75, 3.05) is 31.6 Å². The summed E-state index contributed by atoms with van der Waals surface area (Å²) >= 11 is 0. The summed E-state index contributed by atoms with van der Waals surface area (Å²) in [6, 6.07) is 16.3. The Kier molecular flexibility index (Phi) is 5.07. The van der Waals surface area contributed by atoms with E-state index in [4.69, 9.17) is 9.26 Å². The maximum atomic E-state index is 5.62. The second-order valence-electron chi connectivity index (χ2n) is 6.69. The molecule has 0 radical (unpaired) electrons. The highest BCUT2D eigenvalue weighted by Gasteiger charge is 2.29. The molecule has 1 saturated heterocycles. The molecule has 2 aromatic heterocycles. The highest BCUT2D eigenvalue weighted by Crippen LogP contribution is 2.36. The van der Waals surface area contributed by atoms with Crippen LogP contribution in [0.25, 0.3) is 21.9 Å². The molecule has 1 fully saturated rings. The van der Waals surface area contributed by atoms with E-state index in [1.807, 2.05) is 36.5 Å². The normalized spacial score (nSPS) is 16.9. The van der Waals surface area contributed by atoms with Crippen LogP contribution in [0.2, 0.25) is 0 Å². The number of halogens is 1. The number of rotatable bonds is 3. The second-order valence-corrected chi connectivity index (χ2v) is 6.69. The number of hydrogen-bond donors (Lipinski definition) is 1. The number of aromatic nitrogens is 2. The molecule has 1 N–H and O–H groups in total. The Hall–Kier alpha value is -2.83. The quantitative estimate of drug-likeness (QED) is 0.565. The number of piperazine rings is 1. The molecule has 28 heavy (non-hydrogen) atoms. The zero-order valence-electron chi connectivity index (χ0n) is 15.5. The van der Waals surface area contributed by atoms with Gasteiger partial charge in [0.15, 0.2) is 5.58 Å². The predicted octanol–water partition coefficient (Wildman–Crippen LogP) is 3.96. The van der Waals surface area contributed by atoms with Gasteiger partial charge >= 0.3 is 0 Å². The Morgan fingerprint density at radius 1 is 1.14 bits per heavy atom. The van der Waals surface area contributed by atoms with Gasteiger partial charge in [-0.3, -0.25) is 4.98 Å². The fourth-order valence-corrected chi connectivity index (χ4v) is 3.87. The maximum Gasteiger partial charge on any atom is 0.170 e. The average molecular weight is 397 g/mol. The van der Waals surface area contributed by atoms with Crippen molar-refractivity contribution in [1.82, 2.24) is 15.5 Å². The van der Waals surface area contributed by atoms with Crippen LogP contribution in [0.1, 0.15) is 11.7 Å². The first-order chi connectivity index (χ1) is 13.3. The van der Waals surface area contributed by atoms with Gasteiger partial charge in [-0.15, -0.1) is 12.4 Å². The number of methoxy groups -OCH3 is 1. The molecule has 0 saturated carbocycles. The Morgan fingerprint density at radius 2 is 2.04 bits per heavy atom. The summed E-state index contributed by atoms with van der Waals surface area (Å²) in [6.45, 7) is 2.63. The topological polar surface area (TPSA) is 63.4 Å². The van der Waals surface area contributed by atoms with Crippen LogP contribution in [0.15, 0.2) is 59.3 Å². The Bertz CT molecular complexity index is 1110. The van der Waals surface area contributed by atoms with E-state index in [0.717, 1.165) is 52.9 Å². The number of hydrogen-bond acceptors (Lipinski definition) is 6. The van der Waals surface area contributed by atoms with Crippen LogP contribution in [0.4, 0.5) is 5.69 Å². The Labute approximate surface area is 168 Å². The van der Waals surface area contributed by atoms with E-state index >= 15 is 0 Å². The Balaban J connectivity index is 0.00000192. The van der Waals surface area contributed by atoms with Crippen molar-refractivity contribution in [3.63, 3.8) is 0 Å². The average Bonchev–Trinajstić information content (AvgIpc) is 3.16. The Morgan fingerprint density at radius 3 is 2.93 bits per heavy atom. The number of ether oxygens (including phenoxy) is 1. The molecule has 144 valence electrons. The SMILES string of the molecule is COc1ccc2c(C3CNCCN3c3ccnc4ccccc34)noc2c1.Cl. The minimum Gasteiger partial charge on any atom is -0.497 e. The van der Waals surface area contributed by atoms with Gasteiger partial charge in [0.25, 0.3) is 0 Å². The second kappa shape index (κ2) is 7.66. The molecule has 3 heterocycles. The van der Waals surface area contributed by atoms with E-state index in [0.29, 0.717) is 0 Å². The minimum absolute atomic E-state index is 0. The van der Waals surface area contributed by atoms with E-state index in [2.05, 4.69) is 38.6 Å². The third-order valence-corrected chi connectivity index (χ3v) is 5.20. The standard InChI is InChI=1S/C21H20N4O2.ClH/c1-26-14-6-7-16-20(12-14)27-24-21(16)19-13-22-10-11-25(19)18-8-9-23-17-5-3-2-4-15(17)18;/h2-9,12,19,22H,10-11,13H2,1H3;1H. The van der Waals surface area contributed by atoms with Crippen LogP contribution in [0.3, 0.4) is 0 Å². The smallest absolute Gasteiger partial charge is 0.170 e. The molecule has 1 atom stereocenters. The number of fused-ring (bicyclic) bond motifs is 2. The van der Waals surface area contributed by atoms with Crippen LogP contribution in [-0.2, 0) is 0 Å². The summed E-state index contributed by atoms with van der Waals surface area (Å²) < 4.78 is 10.9. The number of pyridine rings is 1. The molecule has 0 amide bonds. The van der Waals surface area contributed by atoms with Crippen LogP contribution >= 0.6 is 12.4 Å². The van der Waals surface area contributed by atoms with Crippen LogP contribution < -0.4 is 15.0 Å². The molecular formula is C21H21ClN4O2. The van der Waals surface area contributed by atoms with Crippen molar-refractivity contribution < 1.29 is 9.26 Å². The van der Waals surface area contributed by atoms with Crippen molar-refractivity contribution >= 4 is 40.0 Å². The number of nitrogens with one attached hydrogen (secondary N) is 1. The minimum atomic E-state index is 0. The largest absolute Gasteiger partial charge is 0.497 e. The molecule has 7 heteroatoms. The number of benzene rings is 2. The maximum absolute atomic E-state index is 5.62. The number of anilines is 1. The third kappa shape index (κ3) is 3.04. The first-order valence-electron chi connectivity index (χ1n) is 9.09. The van der Waals surface area contributed by atoms with Crippen molar-refractivity contribution in [3.05, 3.63) is 60.4 Å². The fourth-order valence-electron chi connectivity index (χ4n) is 3.87. The third-order valence-electron chi connectivity index (χ3n) is 5.20. The zero-order valence-corrected chi connectivity index (χ0v) is 16.3. The summed E-state index contributed by atoms with van der Waals surface area (Å²) in [7, 11) is 1.65. The molecule has 6 nitrogen and oxygen atoms in total. The van der Waals surface area contributed by atoms with Crippen LogP contribution in [0, 0.1) is 0 Å². The molecular weight excluding hydrogens is 376 g/mol. The van der Waals surface area contributed by atoms with Crippen molar-refractivity contribution in [3.8, 4) is 5.75 Å². The first kappa shape index (κ1) is 18.5. The fraction of sp³-hybridized carbons (Fsp3) is 0.238. The van der Waals surface area contributed by atoms with E-state index in [-0.39, 0.29) is 18.4 Å². The zero-order chi connectivity index (χ0) is 18.2. The van der Waals surface area contributed by atoms with E-state index in [1.165, 1.54) is 5.69 Å². The van der Waals surface area contributed by atoms with Gasteiger partial charge in [-0.05, 0) is 24.3 Å². The highest BCUT2D eigenvalue weighted by atomic mass is 35.5. The van der Waals surface area contributed by atoms with Crippen molar-refractivity contribution in [1.29, 1.82) is 0 Å². The molecule has 0 bridgehead atoms. The molecule has 1 aliphatic heterocycles. The van der Waals surface area contributed by atoms with Gasteiger partial charge in [0, 0.05) is 48.4 Å². The van der Waals surface area contributed by atoms with Gasteiger partial charge in [0.2, 0.25) is 0 Å². The van der Waals surface area contributed by atoms with Crippen molar-refractivity contribution in [2.45, 2.75) is 6.04 Å². The lowest BCUT2D eigenvalue weighted by Gasteiger charge is -2.37. The van der Waals surface area contributed by atoms with E-state index < -0.39 is 0 Å². The molecule has 5 rings (SSSR count). The van der Waals surface area contributed by atoms with Gasteiger partial charge in [-0.1, -0.05) is 23.4 Å². The number of para-hydroxylation sites is 1. The summed E-state index contributed by atoms with van der Waals surface area (Å²) in [5.41, 5.74) is 3.87. The summed E-state index contributed by atoms with van der Waals surface area (Å²) in [5.74, 6) is 0.768. The molecule has 0 spiro atoms. The molecule has 0 aliphatic carbocycles. The van der Waals surface area contributed by atoms with Gasteiger partial charge in [0.05, 0.1) is 18.7 Å². The lowest BCUT2D eigenvalue weighted by Crippen LogP contribution is -2.46. The first-order valence-corrected chi connectivity index (χ1v) is 9.09. The summed E-state index contributed by atoms with van der Waals surface area (Å²) in [4.78, 5) is 6.91. The molecule has 1 aliphatic rings. The summed E-state index contributed by atoms with van der Waals surface area (Å²) in [5, 5.41) is 10.1. The van der Waals surface area contributed by atoms with Crippen molar-refractivity contribution in [2.24, 2.45) is 0 Å². The van der Waals surface area contributed by atoms with Gasteiger partial charge in [-0.2, -0.15) is 0 Å². The van der Waals surface area contributed by atoms with E-state index in [9.17, 15) is 0 Å². The van der Waals surface area contributed by atoms with Crippen LogP contribution in [0.5, 0.6) is 5.75 Å². The number of nitrogens with zero attached hydrogens (tertiary/aromatic N) is 3. The highest BCUT2D eigenvalue weighted by molar-refractivity contribution is 5.92. The van der Waals surface area contributed by atoms with Gasteiger partial charge in [-0.25, -0.2) is 0 Å². The molecule has 1 unspecified atom stereocenters. The van der Waals surface area contributed by atoms with E-state index in [1.54, 1.807) is 7.11 Å². The van der Waals surface area contributed by atoms with Crippen LogP contribution in [-0.4, -0.2) is 36.9 Å². The predicted molar refractivity (Wildman–Crippen MR) is 113 cm³/mol. The molecule has 2 aromatic carbocycles. The lowest BCUT2D eigenvalue weighted by atomic mass is 10.0. The summed E-state index contributed by atoms with van der Waals surface area (Å²) in [6.07, 6.45) is 1.88. The lowest BCUT2D eigenvalue weighted by molar-refractivity contribution is 0.406. The monoisotopic (exact) mass is 396 g/mol. The van der Waals surface area contributed by atoms with Gasteiger partial charge < -0.3 is 19.5 Å². The molecule has 4 aromatic rings. The van der Waals surface area contributed by atoms with Gasteiger partial charge in [0.1, 0.15) is 11.4 Å².